The van der Waals surface area contributed by atoms with Crippen LogP contribution >= 0.6 is 27.5 Å². The highest BCUT2D eigenvalue weighted by Crippen LogP contribution is 2.38. The van der Waals surface area contributed by atoms with E-state index in [1.54, 1.807) is 0 Å². The fraction of sp³-hybridized carbons (Fsp3) is 0.409. The summed E-state index contributed by atoms with van der Waals surface area (Å²) in [6.07, 6.45) is 0.700. The number of ether oxygens (including phenoxy) is 1. The molecule has 32 heavy (non-hydrogen) atoms. The van der Waals surface area contributed by atoms with Crippen molar-refractivity contribution in [2.45, 2.75) is 41.0 Å². The molecule has 8 nitrogen and oxygen atoms in total. The summed E-state index contributed by atoms with van der Waals surface area (Å²) in [5, 5.41) is 19.5. The number of nitrogens with zero attached hydrogens (tertiary/aromatic N) is 4. The van der Waals surface area contributed by atoms with Gasteiger partial charge in [-0.25, -0.2) is 0 Å². The lowest BCUT2D eigenvalue weighted by atomic mass is 9.91. The van der Waals surface area contributed by atoms with Gasteiger partial charge in [-0.1, -0.05) is 18.5 Å². The molecule has 0 unspecified atom stereocenters. The van der Waals surface area contributed by atoms with E-state index in [0.29, 0.717) is 28.8 Å². The molecule has 0 aliphatic rings. The third-order valence-corrected chi connectivity index (χ3v) is 6.08. The molecule has 0 fully saturated rings. The molecule has 2 aromatic carbocycles. The Kier molecular flexibility index (Phi) is 8.74. The Morgan fingerprint density at radius 3 is 2.47 bits per heavy atom. The van der Waals surface area contributed by atoms with Crippen molar-refractivity contribution in [1.29, 1.82) is 0 Å². The minimum absolute atomic E-state index is 0.123. The number of azo groups is 1. The average Bonchev–Trinajstić information content (AvgIpc) is 2.74. The number of benzene rings is 2. The van der Waals surface area contributed by atoms with E-state index in [9.17, 15) is 14.9 Å². The zero-order valence-electron chi connectivity index (χ0n) is 18.7. The smallest absolute Gasteiger partial charge is 0.313 e. The van der Waals surface area contributed by atoms with Crippen LogP contribution in [-0.4, -0.2) is 24.2 Å². The summed E-state index contributed by atoms with van der Waals surface area (Å²) in [7, 11) is 0. The van der Waals surface area contributed by atoms with Crippen LogP contribution in [0.5, 0.6) is 0 Å². The second kappa shape index (κ2) is 10.9. The molecule has 0 atom stereocenters. The minimum Gasteiger partial charge on any atom is -0.444 e. The van der Waals surface area contributed by atoms with Crippen LogP contribution < -0.4 is 4.90 Å². The van der Waals surface area contributed by atoms with E-state index in [1.165, 1.54) is 12.1 Å². The van der Waals surface area contributed by atoms with Gasteiger partial charge in [-0.3, -0.25) is 14.9 Å². The van der Waals surface area contributed by atoms with E-state index in [0.717, 1.165) is 11.3 Å². The molecule has 0 saturated heterocycles. The number of non-ortho nitro benzene ring substituents is 1. The second-order valence-electron chi connectivity index (χ2n) is 7.84. The number of nitro groups is 1. The summed E-state index contributed by atoms with van der Waals surface area (Å²) in [6.45, 7) is 10.4. The maximum atomic E-state index is 12.3. The van der Waals surface area contributed by atoms with Crippen molar-refractivity contribution in [3.63, 3.8) is 0 Å². The highest BCUT2D eigenvalue weighted by Gasteiger charge is 2.27. The summed E-state index contributed by atoms with van der Waals surface area (Å²) >= 11 is 9.39. The summed E-state index contributed by atoms with van der Waals surface area (Å²) < 4.78 is 5.89. The Morgan fingerprint density at radius 2 is 1.94 bits per heavy atom. The minimum atomic E-state index is -0.527. The van der Waals surface area contributed by atoms with Gasteiger partial charge in [0.15, 0.2) is 6.73 Å². The van der Waals surface area contributed by atoms with Crippen LogP contribution in [0.25, 0.3) is 0 Å². The van der Waals surface area contributed by atoms with Crippen molar-refractivity contribution in [2.24, 2.45) is 15.6 Å². The first-order valence-corrected chi connectivity index (χ1v) is 11.2. The SMILES string of the molecule is CCN(COC(=O)C(C)(C)CC)c1ccc(/N=N/c2c(Cl)cc([N+](=O)[O-])cc2Br)c(C)c1. The van der Waals surface area contributed by atoms with Crippen molar-refractivity contribution in [3.8, 4) is 0 Å². The molecule has 0 amide bonds. The highest BCUT2D eigenvalue weighted by atomic mass is 79.9. The van der Waals surface area contributed by atoms with Crippen molar-refractivity contribution in [2.75, 3.05) is 18.2 Å². The Bertz CT molecular complexity index is 1020. The number of hydrogen-bond acceptors (Lipinski definition) is 7. The van der Waals surface area contributed by atoms with Crippen LogP contribution in [0.1, 0.15) is 39.7 Å². The standard InChI is InChI=1S/C22H26BrClN4O4/c1-6-22(4,5)21(29)32-13-27(7-2)15-8-9-19(14(3)10-15)25-26-20-17(23)11-16(28(30)31)12-18(20)24/h8-12H,6-7,13H2,1-5H3/b26-25+. The Morgan fingerprint density at radius 1 is 1.25 bits per heavy atom. The van der Waals surface area contributed by atoms with Gasteiger partial charge in [-0.05, 0) is 73.8 Å². The number of carbonyl (C=O) groups excluding carboxylic acids is 1. The van der Waals surface area contributed by atoms with Crippen molar-refractivity contribution < 1.29 is 14.5 Å². The second-order valence-corrected chi connectivity index (χ2v) is 9.10. The van der Waals surface area contributed by atoms with E-state index in [1.807, 2.05) is 57.7 Å². The largest absolute Gasteiger partial charge is 0.444 e. The molecule has 0 N–H and O–H groups in total. The van der Waals surface area contributed by atoms with Crippen LogP contribution in [0.4, 0.5) is 22.7 Å². The van der Waals surface area contributed by atoms with Crippen molar-refractivity contribution in [1.82, 2.24) is 0 Å². The van der Waals surface area contributed by atoms with Gasteiger partial charge >= 0.3 is 5.97 Å². The predicted octanol–water partition coefficient (Wildman–Crippen LogP) is 7.50. The molecule has 0 radical (unpaired) electrons. The molecule has 0 aromatic heterocycles. The number of anilines is 1. The summed E-state index contributed by atoms with van der Waals surface area (Å²) in [6, 6.07) is 8.18. The quantitative estimate of drug-likeness (QED) is 0.111. The number of rotatable bonds is 9. The lowest BCUT2D eigenvalue weighted by Crippen LogP contribution is -2.33. The summed E-state index contributed by atoms with van der Waals surface area (Å²) in [4.78, 5) is 24.6. The van der Waals surface area contributed by atoms with Crippen molar-refractivity contribution in [3.05, 3.63) is 55.5 Å². The molecule has 2 rings (SSSR count). The van der Waals surface area contributed by atoms with Gasteiger partial charge < -0.3 is 9.64 Å². The normalized spacial score (nSPS) is 11.6. The Balaban J connectivity index is 2.19. The zero-order chi connectivity index (χ0) is 24.1. The summed E-state index contributed by atoms with van der Waals surface area (Å²) in [5.41, 5.74) is 2.02. The van der Waals surface area contributed by atoms with Gasteiger partial charge in [-0.2, -0.15) is 5.11 Å². The Hall–Kier alpha value is -2.52. The van der Waals surface area contributed by atoms with E-state index >= 15 is 0 Å². The first-order valence-electron chi connectivity index (χ1n) is 10.1. The number of hydrogen-bond donors (Lipinski definition) is 0. The maximum Gasteiger partial charge on any atom is 0.313 e. The molecule has 0 spiro atoms. The van der Waals surface area contributed by atoms with Crippen LogP contribution in [-0.2, 0) is 9.53 Å². The molecular weight excluding hydrogens is 500 g/mol. The first-order chi connectivity index (χ1) is 15.0. The third-order valence-electron chi connectivity index (χ3n) is 5.19. The molecule has 2 aromatic rings. The topological polar surface area (TPSA) is 97.4 Å². The lowest BCUT2D eigenvalue weighted by molar-refractivity contribution is -0.384. The molecule has 10 heteroatoms. The fourth-order valence-corrected chi connectivity index (χ4v) is 3.52. The van der Waals surface area contributed by atoms with Gasteiger partial charge in [0.05, 0.1) is 25.5 Å². The Labute approximate surface area is 200 Å². The van der Waals surface area contributed by atoms with Crippen LogP contribution in [0.15, 0.2) is 45.0 Å². The predicted molar refractivity (Wildman–Crippen MR) is 129 cm³/mol. The van der Waals surface area contributed by atoms with Gasteiger partial charge in [0.1, 0.15) is 5.69 Å². The van der Waals surface area contributed by atoms with E-state index in [4.69, 9.17) is 16.3 Å². The zero-order valence-corrected chi connectivity index (χ0v) is 21.0. The number of aryl methyl sites for hydroxylation is 1. The molecule has 0 aliphatic carbocycles. The first kappa shape index (κ1) is 25.7. The summed E-state index contributed by atoms with van der Waals surface area (Å²) in [5.74, 6) is -0.230. The van der Waals surface area contributed by atoms with Crippen LogP contribution in [0, 0.1) is 22.5 Å². The van der Waals surface area contributed by atoms with Crippen molar-refractivity contribution >= 4 is 56.2 Å². The molecule has 0 saturated carbocycles. The lowest BCUT2D eigenvalue weighted by Gasteiger charge is -2.26. The third kappa shape index (κ3) is 6.26. The van der Waals surface area contributed by atoms with Crippen LogP contribution in [0.2, 0.25) is 5.02 Å². The van der Waals surface area contributed by atoms with E-state index in [-0.39, 0.29) is 23.4 Å². The number of carbonyl (C=O) groups is 1. The van der Waals surface area contributed by atoms with Gasteiger partial charge in [0.2, 0.25) is 0 Å². The average molecular weight is 526 g/mol. The number of nitro benzene ring substituents is 1. The number of esters is 1. The van der Waals surface area contributed by atoms with Gasteiger partial charge in [0.25, 0.3) is 5.69 Å². The molecule has 0 aliphatic heterocycles. The van der Waals surface area contributed by atoms with Gasteiger partial charge in [-0.15, -0.1) is 5.11 Å². The van der Waals surface area contributed by atoms with E-state index in [2.05, 4.69) is 26.2 Å². The molecular formula is C22H26BrClN4O4. The maximum absolute atomic E-state index is 12.3. The molecule has 0 bridgehead atoms. The molecule has 0 heterocycles. The monoisotopic (exact) mass is 524 g/mol. The van der Waals surface area contributed by atoms with Crippen LogP contribution in [0.3, 0.4) is 0 Å². The van der Waals surface area contributed by atoms with E-state index < -0.39 is 10.3 Å². The van der Waals surface area contributed by atoms with Gasteiger partial charge in [0, 0.05) is 24.4 Å². The molecule has 172 valence electrons. The number of halogens is 2. The highest BCUT2D eigenvalue weighted by molar-refractivity contribution is 9.10. The fourth-order valence-electron chi connectivity index (χ4n) is 2.63.